The van der Waals surface area contributed by atoms with Crippen LogP contribution in [0.1, 0.15) is 26.7 Å². The summed E-state index contributed by atoms with van der Waals surface area (Å²) in [7, 11) is 1.64. The van der Waals surface area contributed by atoms with Crippen molar-refractivity contribution in [1.82, 2.24) is 5.32 Å². The topological polar surface area (TPSA) is 29.1 Å². The highest BCUT2D eigenvalue weighted by molar-refractivity contribution is 5.87. The van der Waals surface area contributed by atoms with E-state index in [-0.39, 0.29) is 5.91 Å². The second-order valence-corrected chi connectivity index (χ2v) is 2.12. The van der Waals surface area contributed by atoms with E-state index in [0.717, 1.165) is 12.8 Å². The van der Waals surface area contributed by atoms with Crippen molar-refractivity contribution in [1.29, 1.82) is 0 Å². The van der Waals surface area contributed by atoms with Crippen LogP contribution in [0.4, 0.5) is 0 Å². The van der Waals surface area contributed by atoms with Gasteiger partial charge in [-0.25, -0.2) is 0 Å². The molecule has 2 heteroatoms. The van der Waals surface area contributed by atoms with Crippen molar-refractivity contribution < 1.29 is 4.79 Å². The third-order valence-electron chi connectivity index (χ3n) is 1.49. The van der Waals surface area contributed by atoms with Gasteiger partial charge in [0.25, 0.3) is 0 Å². The Morgan fingerprint density at radius 3 is 2.20 bits per heavy atom. The summed E-state index contributed by atoms with van der Waals surface area (Å²) in [4.78, 5) is 10.8. The van der Waals surface area contributed by atoms with Gasteiger partial charge in [-0.2, -0.15) is 0 Å². The summed E-state index contributed by atoms with van der Waals surface area (Å²) in [5, 5.41) is 2.55. The minimum atomic E-state index is -0.00120. The predicted octanol–water partition coefficient (Wildman–Crippen LogP) is 1.48. The number of carbonyl (C=O) groups excluding carboxylic acids is 1. The van der Waals surface area contributed by atoms with Crippen molar-refractivity contribution in [3.8, 4) is 0 Å². The molecule has 1 amide bonds. The molecule has 2 nitrogen and oxygen atoms in total. The number of hydrogen-bond acceptors (Lipinski definition) is 1. The fourth-order valence-electron chi connectivity index (χ4n) is 0.712. The Balaban J connectivity index is 3.96. The zero-order valence-electron chi connectivity index (χ0n) is 6.90. The third kappa shape index (κ3) is 3.28. The van der Waals surface area contributed by atoms with Crippen LogP contribution in [0.3, 0.4) is 0 Å². The lowest BCUT2D eigenvalue weighted by molar-refractivity contribution is -0.116. The quantitative estimate of drug-likeness (QED) is 0.592. The van der Waals surface area contributed by atoms with Crippen molar-refractivity contribution in [2.75, 3.05) is 7.05 Å². The second-order valence-electron chi connectivity index (χ2n) is 2.12. The lowest BCUT2D eigenvalue weighted by Crippen LogP contribution is -2.14. The van der Waals surface area contributed by atoms with Crippen LogP contribution in [0.5, 0.6) is 0 Å². The largest absolute Gasteiger partial charge is 0.356 e. The number of allylic oxidation sites excluding steroid dienone is 1. The number of hydrogen-bond donors (Lipinski definition) is 1. The second kappa shape index (κ2) is 5.03. The summed E-state index contributed by atoms with van der Waals surface area (Å²) in [5.74, 6) is -0.00120. The van der Waals surface area contributed by atoms with E-state index in [2.05, 4.69) is 19.2 Å². The lowest BCUT2D eigenvalue weighted by Gasteiger charge is -1.97. The van der Waals surface area contributed by atoms with Gasteiger partial charge in [0.15, 0.2) is 0 Å². The van der Waals surface area contributed by atoms with Crippen LogP contribution in [0, 0.1) is 0 Å². The van der Waals surface area contributed by atoms with Gasteiger partial charge >= 0.3 is 0 Å². The van der Waals surface area contributed by atoms with Crippen molar-refractivity contribution in [3.63, 3.8) is 0 Å². The highest BCUT2D eigenvalue weighted by Gasteiger charge is 1.93. The number of carbonyl (C=O) groups is 1. The number of amides is 1. The van der Waals surface area contributed by atoms with Crippen molar-refractivity contribution in [3.05, 3.63) is 11.6 Å². The first-order valence-electron chi connectivity index (χ1n) is 3.65. The molecule has 0 unspecified atom stereocenters. The summed E-state index contributed by atoms with van der Waals surface area (Å²) < 4.78 is 0. The molecular weight excluding hydrogens is 126 g/mol. The van der Waals surface area contributed by atoms with Crippen molar-refractivity contribution in [2.24, 2.45) is 0 Å². The van der Waals surface area contributed by atoms with Gasteiger partial charge < -0.3 is 5.32 Å². The third-order valence-corrected chi connectivity index (χ3v) is 1.49. The molecule has 0 bridgehead atoms. The molecule has 0 aromatic heterocycles. The van der Waals surface area contributed by atoms with Crippen LogP contribution in [0.15, 0.2) is 11.6 Å². The lowest BCUT2D eigenvalue weighted by atomic mass is 10.1. The molecular formula is C8H15NO. The van der Waals surface area contributed by atoms with Gasteiger partial charge in [0.05, 0.1) is 0 Å². The zero-order chi connectivity index (χ0) is 7.98. The van der Waals surface area contributed by atoms with Crippen molar-refractivity contribution in [2.45, 2.75) is 26.7 Å². The molecule has 1 N–H and O–H groups in total. The van der Waals surface area contributed by atoms with Crippen molar-refractivity contribution >= 4 is 5.91 Å². The SMILES string of the molecule is CCC(=CC(=O)NC)CC. The van der Waals surface area contributed by atoms with Crippen LogP contribution in [0.25, 0.3) is 0 Å². The van der Waals surface area contributed by atoms with Crippen LogP contribution in [-0.4, -0.2) is 13.0 Å². The van der Waals surface area contributed by atoms with Crippen LogP contribution in [-0.2, 0) is 4.79 Å². The Labute approximate surface area is 62.3 Å². The molecule has 0 aliphatic rings. The van der Waals surface area contributed by atoms with Crippen LogP contribution in [0.2, 0.25) is 0 Å². The summed E-state index contributed by atoms with van der Waals surface area (Å²) in [6, 6.07) is 0. The molecule has 58 valence electrons. The van der Waals surface area contributed by atoms with E-state index >= 15 is 0 Å². The Morgan fingerprint density at radius 1 is 1.40 bits per heavy atom. The van der Waals surface area contributed by atoms with E-state index in [1.807, 2.05) is 0 Å². The summed E-state index contributed by atoms with van der Waals surface area (Å²) >= 11 is 0. The Morgan fingerprint density at radius 2 is 1.90 bits per heavy atom. The normalized spacial score (nSPS) is 8.70. The van der Waals surface area contributed by atoms with Crippen LogP contribution >= 0.6 is 0 Å². The van der Waals surface area contributed by atoms with Gasteiger partial charge in [-0.3, -0.25) is 4.79 Å². The van der Waals surface area contributed by atoms with Gasteiger partial charge in [0, 0.05) is 13.1 Å². The van der Waals surface area contributed by atoms with E-state index in [1.165, 1.54) is 5.57 Å². The fraction of sp³-hybridized carbons (Fsp3) is 0.625. The minimum absolute atomic E-state index is 0.00120. The number of nitrogens with one attached hydrogen (secondary N) is 1. The summed E-state index contributed by atoms with van der Waals surface area (Å²) in [5.41, 5.74) is 1.19. The van der Waals surface area contributed by atoms with Gasteiger partial charge in [-0.1, -0.05) is 19.4 Å². The molecule has 0 spiro atoms. The fourth-order valence-corrected chi connectivity index (χ4v) is 0.712. The monoisotopic (exact) mass is 141 g/mol. The average molecular weight is 141 g/mol. The predicted molar refractivity (Wildman–Crippen MR) is 42.7 cm³/mol. The van der Waals surface area contributed by atoms with E-state index < -0.39 is 0 Å². The molecule has 0 rings (SSSR count). The first kappa shape index (κ1) is 9.21. The maximum Gasteiger partial charge on any atom is 0.243 e. The minimum Gasteiger partial charge on any atom is -0.356 e. The van der Waals surface area contributed by atoms with E-state index in [4.69, 9.17) is 0 Å². The van der Waals surface area contributed by atoms with Gasteiger partial charge in [-0.05, 0) is 12.8 Å². The van der Waals surface area contributed by atoms with Gasteiger partial charge in [0.2, 0.25) is 5.91 Å². The van der Waals surface area contributed by atoms with E-state index in [0.29, 0.717) is 0 Å². The van der Waals surface area contributed by atoms with E-state index in [1.54, 1.807) is 13.1 Å². The zero-order valence-corrected chi connectivity index (χ0v) is 6.90. The molecule has 10 heavy (non-hydrogen) atoms. The first-order valence-corrected chi connectivity index (χ1v) is 3.65. The molecule has 0 atom stereocenters. The molecule has 0 saturated carbocycles. The van der Waals surface area contributed by atoms with Crippen LogP contribution < -0.4 is 5.32 Å². The Bertz CT molecular complexity index is 132. The maximum absolute atomic E-state index is 10.8. The molecule has 0 aliphatic heterocycles. The Kier molecular flexibility index (Phi) is 4.63. The average Bonchev–Trinajstić information content (AvgIpc) is 1.99. The van der Waals surface area contributed by atoms with Gasteiger partial charge in [0.1, 0.15) is 0 Å². The summed E-state index contributed by atoms with van der Waals surface area (Å²) in [6.45, 7) is 4.11. The molecule has 0 aromatic rings. The standard InChI is InChI=1S/C8H15NO/c1-4-7(5-2)6-8(10)9-3/h6H,4-5H2,1-3H3,(H,9,10). The highest BCUT2D eigenvalue weighted by atomic mass is 16.1. The molecule has 0 fully saturated rings. The smallest absolute Gasteiger partial charge is 0.243 e. The number of likely N-dealkylation sites (N-methyl/N-ethyl adjacent to an activating group) is 1. The van der Waals surface area contributed by atoms with Gasteiger partial charge in [-0.15, -0.1) is 0 Å². The highest BCUT2D eigenvalue weighted by Crippen LogP contribution is 2.03. The molecule has 0 radical (unpaired) electrons. The molecule has 0 heterocycles. The molecule has 0 aromatic carbocycles. The summed E-state index contributed by atoms with van der Waals surface area (Å²) in [6.07, 6.45) is 3.59. The maximum atomic E-state index is 10.8. The molecule has 0 saturated heterocycles. The number of rotatable bonds is 3. The molecule has 0 aliphatic carbocycles. The van der Waals surface area contributed by atoms with E-state index in [9.17, 15) is 4.79 Å². The first-order chi connectivity index (χ1) is 4.74. The Hall–Kier alpha value is -0.790.